The molecule has 9 aromatic rings. The van der Waals surface area contributed by atoms with E-state index in [9.17, 15) is 11.0 Å². The first-order valence-corrected chi connectivity index (χ1v) is 18.9. The number of ether oxygens (including phenoxy) is 1. The molecule has 5 heteroatoms. The maximum absolute atomic E-state index is 10.5. The van der Waals surface area contributed by atoms with Crippen molar-refractivity contribution < 1.29 is 31.3 Å². The standard InChI is InChI=1S/C48H32BNO2Si/c1-4-17-33(18-5-1)53(34-19-6-2-7-20-34,35-21-8-3-9-22-35)36-31-40-39-25-12-15-30-45(39)52-49-41-26-16-29-44(48(41)51-46(32-36)47(40)49)50-42-27-13-10-23-37(42)38-24-11-14-28-43(38)50/h1-32H/i10D,11D,12D,13D,14D,15D,16D,23D,24D,25D,27D,28D,29D,30D,31D,32D. The lowest BCUT2D eigenvalue weighted by Crippen LogP contribution is -2.75. The minimum absolute atomic E-state index is 0.0114. The lowest BCUT2D eigenvalue weighted by molar-refractivity contribution is 0.478. The molecule has 0 atom stereocenters. The van der Waals surface area contributed by atoms with Gasteiger partial charge in [-0.15, -0.1) is 0 Å². The summed E-state index contributed by atoms with van der Waals surface area (Å²) in [7, 11) is -3.90. The quantitative estimate of drug-likeness (QED) is 0.137. The number of hydrogen-bond donors (Lipinski definition) is 0. The van der Waals surface area contributed by atoms with Gasteiger partial charge in [-0.1, -0.05) is 164 Å². The summed E-state index contributed by atoms with van der Waals surface area (Å²) in [4.78, 5) is 0. The molecule has 3 heterocycles. The van der Waals surface area contributed by atoms with Gasteiger partial charge in [-0.2, -0.15) is 0 Å². The highest BCUT2D eigenvalue weighted by Gasteiger charge is 2.46. The molecule has 8 aromatic carbocycles. The Morgan fingerprint density at radius 3 is 1.70 bits per heavy atom. The van der Waals surface area contributed by atoms with Crippen LogP contribution in [0.4, 0.5) is 0 Å². The highest BCUT2D eigenvalue weighted by atomic mass is 28.3. The van der Waals surface area contributed by atoms with Crippen LogP contribution in [0.5, 0.6) is 17.2 Å². The summed E-state index contributed by atoms with van der Waals surface area (Å²) < 4.78 is 162. The molecule has 0 saturated heterocycles. The molecular weight excluding hydrogens is 661 g/mol. The molecule has 0 bridgehead atoms. The van der Waals surface area contributed by atoms with Crippen molar-refractivity contribution in [2.24, 2.45) is 0 Å². The normalized spacial score (nSPS) is 17.0. The predicted octanol–water partition coefficient (Wildman–Crippen LogP) is 7.43. The molecule has 11 rings (SSSR count). The van der Waals surface area contributed by atoms with Crippen LogP contribution in [-0.2, 0) is 0 Å². The Morgan fingerprint density at radius 2 is 1.08 bits per heavy atom. The van der Waals surface area contributed by atoms with E-state index in [0.29, 0.717) is 0 Å². The number of benzene rings is 8. The molecule has 0 aliphatic carbocycles. The Balaban J connectivity index is 1.36. The minimum atomic E-state index is -3.90. The topological polar surface area (TPSA) is 23.4 Å². The van der Waals surface area contributed by atoms with Gasteiger partial charge in [0.25, 0.3) is 0 Å². The van der Waals surface area contributed by atoms with Crippen molar-refractivity contribution in [1.29, 1.82) is 0 Å². The molecule has 248 valence electrons. The van der Waals surface area contributed by atoms with E-state index in [4.69, 9.17) is 20.4 Å². The average molecular weight is 710 g/mol. The molecular formula is C48H32BNO2Si. The van der Waals surface area contributed by atoms with Gasteiger partial charge in [-0.3, -0.25) is 0 Å². The van der Waals surface area contributed by atoms with Crippen molar-refractivity contribution in [3.63, 3.8) is 0 Å². The second-order valence-corrected chi connectivity index (χ2v) is 16.5. The van der Waals surface area contributed by atoms with Crippen LogP contribution in [0.1, 0.15) is 21.9 Å². The zero-order valence-corrected chi connectivity index (χ0v) is 28.6. The van der Waals surface area contributed by atoms with Crippen molar-refractivity contribution in [2.75, 3.05) is 0 Å². The van der Waals surface area contributed by atoms with Crippen LogP contribution in [-0.4, -0.2) is 19.6 Å². The molecule has 0 radical (unpaired) electrons. The van der Waals surface area contributed by atoms with E-state index in [1.165, 1.54) is 6.07 Å². The number of fused-ring (bicyclic) bond motifs is 7. The van der Waals surface area contributed by atoms with E-state index in [2.05, 4.69) is 0 Å². The van der Waals surface area contributed by atoms with Crippen LogP contribution in [0.2, 0.25) is 0 Å². The predicted molar refractivity (Wildman–Crippen MR) is 222 cm³/mol. The monoisotopic (exact) mass is 709 g/mol. The molecule has 1 aromatic heterocycles. The molecule has 0 spiro atoms. The summed E-state index contributed by atoms with van der Waals surface area (Å²) in [5.41, 5.74) is -1.24. The van der Waals surface area contributed by atoms with Gasteiger partial charge >= 0.3 is 6.92 Å². The van der Waals surface area contributed by atoms with Crippen molar-refractivity contribution >= 4 is 68.5 Å². The highest BCUT2D eigenvalue weighted by molar-refractivity contribution is 7.20. The van der Waals surface area contributed by atoms with Crippen LogP contribution in [0.3, 0.4) is 0 Å². The van der Waals surface area contributed by atoms with Crippen molar-refractivity contribution in [3.8, 4) is 34.1 Å². The number of rotatable bonds is 5. The van der Waals surface area contributed by atoms with Gasteiger partial charge in [0.15, 0.2) is 8.07 Å². The summed E-state index contributed by atoms with van der Waals surface area (Å²) >= 11 is 0. The Hall–Kier alpha value is -6.56. The summed E-state index contributed by atoms with van der Waals surface area (Å²) in [6.07, 6.45) is 0. The second kappa shape index (κ2) is 11.7. The fraction of sp³-hybridized carbons (Fsp3) is 0. The van der Waals surface area contributed by atoms with E-state index in [-0.39, 0.29) is 78.4 Å². The second-order valence-electron chi connectivity index (χ2n) is 12.7. The summed E-state index contributed by atoms with van der Waals surface area (Å²) in [5.74, 6) is -0.857. The third kappa shape index (κ3) is 4.35. The Kier molecular flexibility index (Phi) is 4.05. The van der Waals surface area contributed by atoms with Crippen LogP contribution in [0.15, 0.2) is 194 Å². The molecule has 2 aliphatic rings. The molecule has 0 N–H and O–H groups in total. The fourth-order valence-corrected chi connectivity index (χ4v) is 12.4. The lowest BCUT2D eigenvalue weighted by Gasteiger charge is -2.38. The first-order valence-electron chi connectivity index (χ1n) is 24.9. The van der Waals surface area contributed by atoms with Gasteiger partial charge in [0.05, 0.1) is 38.7 Å². The zero-order valence-electron chi connectivity index (χ0n) is 43.6. The minimum Gasteiger partial charge on any atom is -0.551 e. The molecule has 53 heavy (non-hydrogen) atoms. The SMILES string of the molecule is [2H]c1cc2c(c(-n3c4c([2H])c([2H])c([2H])c([2H])c4c4c([2H])c([2H])c([2H])c([2H])c43)c1[2H])Oc1c([2H])c([Si](c3ccccc3)(c3ccccc3)c3ccccc3)c([2H])c3c1B2Oc1c([2H])c([2H])c([2H])c([2H])c1-3. The van der Waals surface area contributed by atoms with E-state index < -0.39 is 105 Å². The molecule has 3 nitrogen and oxygen atoms in total. The lowest BCUT2D eigenvalue weighted by atomic mass is 9.51. The maximum Gasteiger partial charge on any atom is 0.434 e. The van der Waals surface area contributed by atoms with Crippen LogP contribution in [0, 0.1) is 0 Å². The van der Waals surface area contributed by atoms with Crippen LogP contribution >= 0.6 is 0 Å². The number of aromatic nitrogens is 1. The van der Waals surface area contributed by atoms with Gasteiger partial charge in [0, 0.05) is 27.3 Å². The zero-order chi connectivity index (χ0) is 48.9. The fourth-order valence-electron chi connectivity index (χ4n) is 7.84. The Bertz CT molecular complexity index is 3590. The smallest absolute Gasteiger partial charge is 0.434 e. The molecule has 0 fully saturated rings. The van der Waals surface area contributed by atoms with Gasteiger partial charge in [0.1, 0.15) is 17.2 Å². The van der Waals surface area contributed by atoms with Gasteiger partial charge < -0.3 is 14.0 Å². The van der Waals surface area contributed by atoms with E-state index in [0.717, 1.165) is 20.1 Å². The molecule has 0 unspecified atom stereocenters. The summed E-state index contributed by atoms with van der Waals surface area (Å²) in [6.45, 7) is -1.49. The molecule has 0 amide bonds. The molecule has 0 saturated carbocycles. The number of nitrogens with zero attached hydrogens (tertiary/aromatic N) is 1. The first-order chi connectivity index (χ1) is 33.0. The van der Waals surface area contributed by atoms with Crippen LogP contribution < -0.4 is 41.1 Å². The largest absolute Gasteiger partial charge is 0.551 e. The summed E-state index contributed by atoms with van der Waals surface area (Å²) in [6, 6.07) is 20.2. The third-order valence-corrected chi connectivity index (χ3v) is 14.6. The molecule has 2 aliphatic heterocycles. The van der Waals surface area contributed by atoms with Crippen LogP contribution in [0.25, 0.3) is 38.6 Å². The van der Waals surface area contributed by atoms with E-state index >= 15 is 0 Å². The Labute approximate surface area is 331 Å². The Morgan fingerprint density at radius 1 is 0.509 bits per heavy atom. The van der Waals surface area contributed by atoms with E-state index in [1.54, 1.807) is 0 Å². The average Bonchev–Trinajstić information content (AvgIpc) is 3.72. The van der Waals surface area contributed by atoms with Crippen molar-refractivity contribution in [3.05, 3.63) is 194 Å². The first kappa shape index (κ1) is 18.3. The van der Waals surface area contributed by atoms with Gasteiger partial charge in [-0.25, -0.2) is 0 Å². The van der Waals surface area contributed by atoms with Crippen molar-refractivity contribution in [2.45, 2.75) is 0 Å². The third-order valence-electron chi connectivity index (χ3n) is 10.0. The maximum atomic E-state index is 10.5. The number of hydrogen-bond acceptors (Lipinski definition) is 2. The van der Waals surface area contributed by atoms with Crippen molar-refractivity contribution in [1.82, 2.24) is 4.57 Å². The van der Waals surface area contributed by atoms with Gasteiger partial charge in [0.2, 0.25) is 0 Å². The summed E-state index contributed by atoms with van der Waals surface area (Å²) in [5, 5.41) is 1.88. The highest BCUT2D eigenvalue weighted by Crippen LogP contribution is 2.42. The number of para-hydroxylation sites is 4. The van der Waals surface area contributed by atoms with Gasteiger partial charge in [-0.05, 0) is 56.5 Å². The van der Waals surface area contributed by atoms with E-state index in [1.807, 2.05) is 91.0 Å².